The predicted octanol–water partition coefficient (Wildman–Crippen LogP) is -0.0602. The first kappa shape index (κ1) is 15.4. The fourth-order valence-electron chi connectivity index (χ4n) is 1.32. The third-order valence-corrected chi connectivity index (χ3v) is 1.92. The third kappa shape index (κ3) is 4.67. The Morgan fingerprint density at radius 3 is 2.54 bits per heavy atom. The number of nitrogens with two attached hydrogens (primary N) is 1. The fourth-order valence-corrected chi connectivity index (χ4v) is 1.32. The van der Waals surface area contributed by atoms with Gasteiger partial charge in [0, 0.05) is 19.1 Å². The minimum absolute atomic E-state index is 0. The zero-order valence-corrected chi connectivity index (χ0v) is 9.12. The highest BCUT2D eigenvalue weighted by molar-refractivity contribution is 5.85. The van der Waals surface area contributed by atoms with Gasteiger partial charge in [-0.25, -0.2) is 0 Å². The molecule has 0 bridgehead atoms. The van der Waals surface area contributed by atoms with Crippen LogP contribution in [-0.2, 0) is 9.53 Å². The standard InChI is InChI=1S/C7H14N2O2.2ClH/c1-11-7(10)5-2-6(8)4-9-3-5;;/h5-6,9H,2-4,8H2,1H3;2*1H/t5-,6+;;/m0../s1. The number of hydrogen-bond donors (Lipinski definition) is 2. The molecule has 0 unspecified atom stereocenters. The van der Waals surface area contributed by atoms with Gasteiger partial charge in [0.2, 0.25) is 0 Å². The van der Waals surface area contributed by atoms with Gasteiger partial charge in [-0.15, -0.1) is 24.8 Å². The van der Waals surface area contributed by atoms with E-state index >= 15 is 0 Å². The minimum Gasteiger partial charge on any atom is -0.469 e. The van der Waals surface area contributed by atoms with Crippen LogP contribution in [0.25, 0.3) is 0 Å². The molecule has 0 spiro atoms. The Labute approximate surface area is 90.4 Å². The maximum atomic E-state index is 11.0. The number of nitrogens with one attached hydrogen (secondary N) is 1. The van der Waals surface area contributed by atoms with Crippen LogP contribution >= 0.6 is 24.8 Å². The van der Waals surface area contributed by atoms with Gasteiger partial charge in [0.1, 0.15) is 0 Å². The normalized spacial score (nSPS) is 26.6. The summed E-state index contributed by atoms with van der Waals surface area (Å²) < 4.78 is 4.60. The topological polar surface area (TPSA) is 64.3 Å². The summed E-state index contributed by atoms with van der Waals surface area (Å²) in [5.41, 5.74) is 5.65. The van der Waals surface area contributed by atoms with Crippen molar-refractivity contribution in [3.05, 3.63) is 0 Å². The Morgan fingerprint density at radius 1 is 1.46 bits per heavy atom. The molecule has 13 heavy (non-hydrogen) atoms. The molecule has 0 aromatic heterocycles. The lowest BCUT2D eigenvalue weighted by Crippen LogP contribution is -2.46. The van der Waals surface area contributed by atoms with Crippen molar-refractivity contribution in [1.82, 2.24) is 5.32 Å². The lowest BCUT2D eigenvalue weighted by molar-refractivity contribution is -0.146. The van der Waals surface area contributed by atoms with Gasteiger partial charge < -0.3 is 15.8 Å². The van der Waals surface area contributed by atoms with Crippen LogP contribution in [-0.4, -0.2) is 32.2 Å². The van der Waals surface area contributed by atoms with Crippen LogP contribution in [0.1, 0.15) is 6.42 Å². The van der Waals surface area contributed by atoms with E-state index in [4.69, 9.17) is 5.73 Å². The second-order valence-corrected chi connectivity index (χ2v) is 2.87. The van der Waals surface area contributed by atoms with Crippen molar-refractivity contribution >= 4 is 30.8 Å². The third-order valence-electron chi connectivity index (χ3n) is 1.92. The highest BCUT2D eigenvalue weighted by Crippen LogP contribution is 2.10. The number of hydrogen-bond acceptors (Lipinski definition) is 4. The maximum Gasteiger partial charge on any atom is 0.310 e. The smallest absolute Gasteiger partial charge is 0.310 e. The summed E-state index contributed by atoms with van der Waals surface area (Å²) >= 11 is 0. The summed E-state index contributed by atoms with van der Waals surface area (Å²) in [7, 11) is 1.41. The zero-order chi connectivity index (χ0) is 8.27. The van der Waals surface area contributed by atoms with E-state index in [0.717, 1.165) is 13.0 Å². The number of carbonyl (C=O) groups is 1. The number of rotatable bonds is 1. The molecular formula is C7H16Cl2N2O2. The Hall–Kier alpha value is -0.0300. The molecule has 3 N–H and O–H groups in total. The predicted molar refractivity (Wildman–Crippen MR) is 55.5 cm³/mol. The van der Waals surface area contributed by atoms with Crippen molar-refractivity contribution in [3.63, 3.8) is 0 Å². The molecule has 1 aliphatic rings. The number of esters is 1. The first-order valence-electron chi connectivity index (χ1n) is 3.78. The van der Waals surface area contributed by atoms with Crippen LogP contribution in [0.2, 0.25) is 0 Å². The van der Waals surface area contributed by atoms with Crippen LogP contribution in [0.15, 0.2) is 0 Å². The van der Waals surface area contributed by atoms with Crippen molar-refractivity contribution in [2.24, 2.45) is 11.7 Å². The molecule has 1 aliphatic heterocycles. The molecule has 80 valence electrons. The molecule has 1 fully saturated rings. The van der Waals surface area contributed by atoms with Gasteiger partial charge in [0.05, 0.1) is 13.0 Å². The van der Waals surface area contributed by atoms with Gasteiger partial charge in [-0.2, -0.15) is 0 Å². The molecule has 1 saturated heterocycles. The van der Waals surface area contributed by atoms with Crippen LogP contribution in [0, 0.1) is 5.92 Å². The molecular weight excluding hydrogens is 215 g/mol. The maximum absolute atomic E-state index is 11.0. The second kappa shape index (κ2) is 7.38. The van der Waals surface area contributed by atoms with E-state index in [1.165, 1.54) is 7.11 Å². The second-order valence-electron chi connectivity index (χ2n) is 2.87. The molecule has 0 aromatic carbocycles. The number of piperidine rings is 1. The van der Waals surface area contributed by atoms with E-state index in [-0.39, 0.29) is 42.7 Å². The summed E-state index contributed by atoms with van der Waals surface area (Å²) in [4.78, 5) is 11.0. The van der Waals surface area contributed by atoms with Crippen molar-refractivity contribution in [3.8, 4) is 0 Å². The van der Waals surface area contributed by atoms with E-state index in [1.54, 1.807) is 0 Å². The molecule has 0 saturated carbocycles. The number of ether oxygens (including phenoxy) is 1. The highest BCUT2D eigenvalue weighted by atomic mass is 35.5. The average Bonchev–Trinajstić information content (AvgIpc) is 2.03. The molecule has 0 aromatic rings. The average molecular weight is 231 g/mol. The molecule has 1 heterocycles. The Bertz CT molecular complexity index is 157. The lowest BCUT2D eigenvalue weighted by Gasteiger charge is -2.25. The monoisotopic (exact) mass is 230 g/mol. The van der Waals surface area contributed by atoms with Gasteiger partial charge >= 0.3 is 5.97 Å². The van der Waals surface area contributed by atoms with Gasteiger partial charge in [-0.3, -0.25) is 4.79 Å². The molecule has 4 nitrogen and oxygen atoms in total. The van der Waals surface area contributed by atoms with Gasteiger partial charge in [0.15, 0.2) is 0 Å². The van der Waals surface area contributed by atoms with E-state index in [1.807, 2.05) is 0 Å². The summed E-state index contributed by atoms with van der Waals surface area (Å²) in [6.45, 7) is 1.49. The van der Waals surface area contributed by atoms with E-state index in [9.17, 15) is 4.79 Å². The summed E-state index contributed by atoms with van der Waals surface area (Å²) in [5, 5.41) is 3.07. The summed E-state index contributed by atoms with van der Waals surface area (Å²) in [6.07, 6.45) is 0.736. The minimum atomic E-state index is -0.160. The summed E-state index contributed by atoms with van der Waals surface area (Å²) in [6, 6.07) is 0.0906. The molecule has 1 rings (SSSR count). The zero-order valence-electron chi connectivity index (χ0n) is 7.49. The molecule has 0 amide bonds. The van der Waals surface area contributed by atoms with Crippen molar-refractivity contribution in [2.45, 2.75) is 12.5 Å². The number of carbonyl (C=O) groups excluding carboxylic acids is 1. The van der Waals surface area contributed by atoms with Crippen molar-refractivity contribution in [1.29, 1.82) is 0 Å². The van der Waals surface area contributed by atoms with Crippen molar-refractivity contribution in [2.75, 3.05) is 20.2 Å². The quantitative estimate of drug-likeness (QED) is 0.620. The first-order chi connectivity index (χ1) is 5.24. The largest absolute Gasteiger partial charge is 0.469 e. The number of methoxy groups -OCH3 is 1. The molecule has 0 aliphatic carbocycles. The highest BCUT2D eigenvalue weighted by Gasteiger charge is 2.25. The van der Waals surface area contributed by atoms with Crippen LogP contribution in [0.5, 0.6) is 0 Å². The van der Waals surface area contributed by atoms with E-state index < -0.39 is 0 Å². The number of halogens is 2. The fraction of sp³-hybridized carbons (Fsp3) is 0.857. The Balaban J connectivity index is 0. The van der Waals surface area contributed by atoms with Gasteiger partial charge in [-0.1, -0.05) is 0 Å². The Morgan fingerprint density at radius 2 is 2.08 bits per heavy atom. The van der Waals surface area contributed by atoms with E-state index in [0.29, 0.717) is 6.54 Å². The molecule has 2 atom stereocenters. The van der Waals surface area contributed by atoms with E-state index in [2.05, 4.69) is 10.1 Å². The van der Waals surface area contributed by atoms with Crippen LogP contribution in [0.3, 0.4) is 0 Å². The Kier molecular flexibility index (Phi) is 8.77. The van der Waals surface area contributed by atoms with Gasteiger partial charge in [-0.05, 0) is 6.42 Å². The first-order valence-corrected chi connectivity index (χ1v) is 3.78. The lowest BCUT2D eigenvalue weighted by atomic mass is 9.97. The summed E-state index contributed by atoms with van der Waals surface area (Å²) in [5.74, 6) is -0.212. The van der Waals surface area contributed by atoms with Gasteiger partial charge in [0.25, 0.3) is 0 Å². The SMILES string of the molecule is COC(=O)[C@@H]1CNC[C@H](N)C1.Cl.Cl. The van der Waals surface area contributed by atoms with Crippen LogP contribution in [0.4, 0.5) is 0 Å². The van der Waals surface area contributed by atoms with Crippen LogP contribution < -0.4 is 11.1 Å². The molecule has 0 radical (unpaired) electrons. The molecule has 6 heteroatoms. The van der Waals surface area contributed by atoms with Crippen molar-refractivity contribution < 1.29 is 9.53 Å².